The number of methoxy groups -OCH3 is 1. The Morgan fingerprint density at radius 3 is 2.50 bits per heavy atom. The number of benzene rings is 1. The van der Waals surface area contributed by atoms with E-state index < -0.39 is 0 Å². The second-order valence-corrected chi connectivity index (χ2v) is 6.65. The molecule has 18 heavy (non-hydrogen) atoms. The van der Waals surface area contributed by atoms with Crippen molar-refractivity contribution in [2.75, 3.05) is 13.9 Å². The van der Waals surface area contributed by atoms with Gasteiger partial charge in [-0.2, -0.15) is 0 Å². The highest BCUT2D eigenvalue weighted by Crippen LogP contribution is 2.50. The van der Waals surface area contributed by atoms with Crippen LogP contribution in [-0.2, 0) is 9.89 Å². The van der Waals surface area contributed by atoms with Gasteiger partial charge in [0, 0.05) is 17.8 Å². The van der Waals surface area contributed by atoms with Gasteiger partial charge in [0.1, 0.15) is 5.75 Å². The molecule has 0 radical (unpaired) electrons. The van der Waals surface area contributed by atoms with Crippen LogP contribution < -0.4 is 4.74 Å². The molecular formula is C14H22ClO2P. The third-order valence-corrected chi connectivity index (χ3v) is 5.54. The summed E-state index contributed by atoms with van der Waals surface area (Å²) in [7, 11) is 1.96. The van der Waals surface area contributed by atoms with Gasteiger partial charge in [-0.1, -0.05) is 42.8 Å². The Morgan fingerprint density at radius 1 is 1.33 bits per heavy atom. The quantitative estimate of drug-likeness (QED) is 0.556. The zero-order valence-corrected chi connectivity index (χ0v) is 13.5. The van der Waals surface area contributed by atoms with Crippen LogP contribution in [0.3, 0.4) is 0 Å². The Labute approximate surface area is 117 Å². The van der Waals surface area contributed by atoms with Crippen LogP contribution in [0.5, 0.6) is 5.75 Å². The fourth-order valence-corrected chi connectivity index (χ4v) is 3.11. The van der Waals surface area contributed by atoms with Gasteiger partial charge in [0.15, 0.2) is 6.79 Å². The Hall–Kier alpha value is -0.300. The van der Waals surface area contributed by atoms with Crippen LogP contribution in [0, 0.1) is 13.8 Å². The molecule has 0 aromatic heterocycles. The number of ether oxygens (including phenoxy) is 2. The lowest BCUT2D eigenvalue weighted by Crippen LogP contribution is -2.16. The molecule has 102 valence electrons. The van der Waals surface area contributed by atoms with Gasteiger partial charge in [-0.15, -0.1) is 0 Å². The number of hydrogen-bond donors (Lipinski definition) is 0. The molecule has 0 aliphatic rings. The van der Waals surface area contributed by atoms with Crippen molar-refractivity contribution in [3.05, 3.63) is 28.8 Å². The highest BCUT2D eigenvalue weighted by molar-refractivity contribution is 7.69. The van der Waals surface area contributed by atoms with Crippen molar-refractivity contribution in [2.45, 2.75) is 39.3 Å². The fourth-order valence-electron chi connectivity index (χ4n) is 1.98. The lowest BCUT2D eigenvalue weighted by molar-refractivity contribution is 0.0495. The van der Waals surface area contributed by atoms with Crippen molar-refractivity contribution in [2.24, 2.45) is 0 Å². The van der Waals surface area contributed by atoms with Crippen molar-refractivity contribution in [1.82, 2.24) is 0 Å². The summed E-state index contributed by atoms with van der Waals surface area (Å²) < 4.78 is 10.8. The first kappa shape index (κ1) is 15.8. The number of hydrogen-bond acceptors (Lipinski definition) is 2. The van der Waals surface area contributed by atoms with Gasteiger partial charge in [0.05, 0.1) is 0 Å². The topological polar surface area (TPSA) is 18.5 Å². The van der Waals surface area contributed by atoms with Gasteiger partial charge in [-0.3, -0.25) is 0 Å². The van der Waals surface area contributed by atoms with Gasteiger partial charge in [-0.25, -0.2) is 0 Å². The van der Waals surface area contributed by atoms with Gasteiger partial charge >= 0.3 is 0 Å². The summed E-state index contributed by atoms with van der Waals surface area (Å²) in [5, 5.41) is -0.0403. The molecule has 2 atom stereocenters. The summed E-state index contributed by atoms with van der Waals surface area (Å²) in [6.45, 7) is 8.78. The molecule has 0 aliphatic carbocycles. The molecule has 0 N–H and O–H groups in total. The molecule has 0 saturated heterocycles. The largest absolute Gasteiger partial charge is 0.467 e. The van der Waals surface area contributed by atoms with E-state index in [0.29, 0.717) is 7.93 Å². The van der Waals surface area contributed by atoms with E-state index in [1.165, 1.54) is 11.1 Å². The molecule has 0 bridgehead atoms. The van der Waals surface area contributed by atoms with E-state index in [4.69, 9.17) is 20.7 Å². The van der Waals surface area contributed by atoms with Crippen LogP contribution in [0.15, 0.2) is 12.1 Å². The van der Waals surface area contributed by atoms with Crippen molar-refractivity contribution >= 4 is 19.2 Å². The standard InChI is InChI=1S/C14H22ClO2P/c1-6-14(4,18-15)12-8-10(2)7-11(3)13(12)17-9-16-5/h7-8,18H,6,9H2,1-5H3. The van der Waals surface area contributed by atoms with E-state index in [1.54, 1.807) is 7.11 Å². The van der Waals surface area contributed by atoms with Gasteiger partial charge in [0.25, 0.3) is 0 Å². The number of aryl methyl sites for hydroxylation is 2. The van der Waals surface area contributed by atoms with E-state index in [-0.39, 0.29) is 11.9 Å². The molecule has 2 unspecified atom stereocenters. The van der Waals surface area contributed by atoms with Crippen molar-refractivity contribution in [3.8, 4) is 5.75 Å². The average Bonchev–Trinajstić information content (AvgIpc) is 2.36. The SMILES string of the molecule is CCC(C)(PCl)c1cc(C)cc(C)c1OCOC. The van der Waals surface area contributed by atoms with E-state index in [0.717, 1.165) is 17.7 Å². The normalized spacial score (nSPS) is 15.0. The summed E-state index contributed by atoms with van der Waals surface area (Å²) in [5.41, 5.74) is 3.56. The first-order chi connectivity index (χ1) is 8.48. The first-order valence-corrected chi connectivity index (χ1v) is 8.11. The third-order valence-electron chi connectivity index (χ3n) is 3.25. The molecule has 1 aromatic carbocycles. The van der Waals surface area contributed by atoms with E-state index >= 15 is 0 Å². The summed E-state index contributed by atoms with van der Waals surface area (Å²) >= 11 is 6.20. The van der Waals surface area contributed by atoms with Crippen molar-refractivity contribution < 1.29 is 9.47 Å². The predicted octanol–water partition coefficient (Wildman–Crippen LogP) is 4.74. The lowest BCUT2D eigenvalue weighted by Gasteiger charge is -2.29. The van der Waals surface area contributed by atoms with Gasteiger partial charge < -0.3 is 9.47 Å². The fraction of sp³-hybridized carbons (Fsp3) is 0.571. The molecule has 0 aliphatic heterocycles. The van der Waals surface area contributed by atoms with E-state index in [9.17, 15) is 0 Å². The molecule has 0 spiro atoms. The predicted molar refractivity (Wildman–Crippen MR) is 80.2 cm³/mol. The molecule has 0 amide bonds. The number of rotatable bonds is 6. The summed E-state index contributed by atoms with van der Waals surface area (Å²) in [6, 6.07) is 4.30. The minimum Gasteiger partial charge on any atom is -0.467 e. The maximum atomic E-state index is 6.20. The monoisotopic (exact) mass is 288 g/mol. The molecular weight excluding hydrogens is 267 g/mol. The smallest absolute Gasteiger partial charge is 0.188 e. The zero-order valence-electron chi connectivity index (χ0n) is 11.8. The minimum absolute atomic E-state index is 0.0403. The van der Waals surface area contributed by atoms with Crippen LogP contribution in [0.1, 0.15) is 37.0 Å². The zero-order chi connectivity index (χ0) is 13.8. The highest BCUT2D eigenvalue weighted by Gasteiger charge is 2.28. The second kappa shape index (κ2) is 6.75. The van der Waals surface area contributed by atoms with Gasteiger partial charge in [-0.05, 0) is 33.8 Å². The molecule has 2 nitrogen and oxygen atoms in total. The van der Waals surface area contributed by atoms with E-state index in [1.807, 2.05) is 0 Å². The van der Waals surface area contributed by atoms with Crippen LogP contribution in [0.4, 0.5) is 0 Å². The van der Waals surface area contributed by atoms with Gasteiger partial charge in [0.2, 0.25) is 0 Å². The highest BCUT2D eigenvalue weighted by atomic mass is 35.7. The lowest BCUT2D eigenvalue weighted by atomic mass is 9.92. The Balaban J connectivity index is 3.30. The first-order valence-electron chi connectivity index (χ1n) is 6.09. The van der Waals surface area contributed by atoms with Crippen LogP contribution in [0.2, 0.25) is 0 Å². The maximum absolute atomic E-state index is 6.20. The average molecular weight is 289 g/mol. The summed E-state index contributed by atoms with van der Waals surface area (Å²) in [5.74, 6) is 0.917. The molecule has 1 aromatic rings. The van der Waals surface area contributed by atoms with Crippen LogP contribution >= 0.6 is 19.2 Å². The maximum Gasteiger partial charge on any atom is 0.188 e. The van der Waals surface area contributed by atoms with Crippen LogP contribution in [0.25, 0.3) is 0 Å². The third kappa shape index (κ3) is 3.38. The van der Waals surface area contributed by atoms with Crippen LogP contribution in [-0.4, -0.2) is 13.9 Å². The molecule has 0 saturated carbocycles. The van der Waals surface area contributed by atoms with Crippen molar-refractivity contribution in [3.63, 3.8) is 0 Å². The molecule has 1 rings (SSSR count). The minimum atomic E-state index is -0.0403. The van der Waals surface area contributed by atoms with E-state index in [2.05, 4.69) is 39.8 Å². The second-order valence-electron chi connectivity index (χ2n) is 4.79. The Bertz CT molecular complexity index is 403. The molecule has 0 heterocycles. The summed E-state index contributed by atoms with van der Waals surface area (Å²) in [6.07, 6.45) is 0.987. The molecule has 4 heteroatoms. The van der Waals surface area contributed by atoms with Crippen molar-refractivity contribution in [1.29, 1.82) is 0 Å². The number of halogens is 1. The molecule has 0 fully saturated rings. The summed E-state index contributed by atoms with van der Waals surface area (Å²) in [4.78, 5) is 0. The Kier molecular flexibility index (Phi) is 5.91. The Morgan fingerprint density at radius 2 is 2.00 bits per heavy atom.